The van der Waals surface area contributed by atoms with Gasteiger partial charge in [0.25, 0.3) is 11.8 Å². The fourth-order valence-electron chi connectivity index (χ4n) is 3.03. The van der Waals surface area contributed by atoms with Gasteiger partial charge < -0.3 is 5.32 Å². The van der Waals surface area contributed by atoms with E-state index in [-0.39, 0.29) is 30.3 Å². The molecule has 0 atom stereocenters. The second-order valence-corrected chi connectivity index (χ2v) is 8.07. The molecule has 2 heterocycles. The van der Waals surface area contributed by atoms with E-state index in [1.54, 1.807) is 48.5 Å². The number of nitrogens with one attached hydrogen (secondary N) is 2. The molecule has 2 N–H and O–H groups in total. The van der Waals surface area contributed by atoms with Crippen molar-refractivity contribution in [3.63, 3.8) is 0 Å². The molecular formula is C21H19N5O3S. The van der Waals surface area contributed by atoms with Gasteiger partial charge in [0.05, 0.1) is 16.8 Å². The maximum absolute atomic E-state index is 12.6. The zero-order valence-electron chi connectivity index (χ0n) is 16.4. The zero-order chi connectivity index (χ0) is 21.3. The minimum Gasteiger partial charge on any atom is -0.334 e. The van der Waals surface area contributed by atoms with Crippen LogP contribution in [-0.2, 0) is 6.54 Å². The number of hydrogen-bond donors (Lipinski definition) is 2. The number of amides is 4. The lowest BCUT2D eigenvalue weighted by Crippen LogP contribution is -2.29. The van der Waals surface area contributed by atoms with Crippen LogP contribution >= 0.6 is 11.3 Å². The monoisotopic (exact) mass is 421 g/mol. The zero-order valence-corrected chi connectivity index (χ0v) is 17.2. The highest BCUT2D eigenvalue weighted by Crippen LogP contribution is 2.28. The van der Waals surface area contributed by atoms with Gasteiger partial charge in [-0.3, -0.25) is 14.9 Å². The van der Waals surface area contributed by atoms with E-state index >= 15 is 0 Å². The summed E-state index contributed by atoms with van der Waals surface area (Å²) < 4.78 is 0. The van der Waals surface area contributed by atoms with Gasteiger partial charge in [-0.25, -0.2) is 9.69 Å². The van der Waals surface area contributed by atoms with Crippen molar-refractivity contribution in [2.45, 2.75) is 26.3 Å². The van der Waals surface area contributed by atoms with Crippen molar-refractivity contribution < 1.29 is 14.4 Å². The second-order valence-electron chi connectivity index (χ2n) is 7.07. The number of carbonyl (C=O) groups is 3. The summed E-state index contributed by atoms with van der Waals surface area (Å²) in [6.45, 7) is 4.30. The largest absolute Gasteiger partial charge is 0.334 e. The van der Waals surface area contributed by atoms with E-state index in [0.29, 0.717) is 21.9 Å². The lowest BCUT2D eigenvalue weighted by Gasteiger charge is -2.14. The van der Waals surface area contributed by atoms with Gasteiger partial charge >= 0.3 is 6.03 Å². The summed E-state index contributed by atoms with van der Waals surface area (Å²) in [5, 5.41) is 14.7. The SMILES string of the molecule is CC(C)c1nnc(NC(=O)NCc2ccc(N3C(=O)c4ccccc4C3=O)cc2)s1. The van der Waals surface area contributed by atoms with Gasteiger partial charge in [-0.15, -0.1) is 10.2 Å². The summed E-state index contributed by atoms with van der Waals surface area (Å²) in [5.74, 6) is -0.417. The molecule has 0 unspecified atom stereocenters. The van der Waals surface area contributed by atoms with Gasteiger partial charge in [0, 0.05) is 12.5 Å². The Morgan fingerprint density at radius 2 is 1.63 bits per heavy atom. The minimum atomic E-state index is -0.383. The van der Waals surface area contributed by atoms with Gasteiger partial charge in [-0.1, -0.05) is 49.4 Å². The molecule has 0 spiro atoms. The van der Waals surface area contributed by atoms with Crippen LogP contribution in [0.4, 0.5) is 15.6 Å². The first kappa shape index (κ1) is 19.7. The maximum atomic E-state index is 12.6. The summed E-state index contributed by atoms with van der Waals surface area (Å²) in [5.41, 5.74) is 2.12. The van der Waals surface area contributed by atoms with Gasteiger partial charge in [0.2, 0.25) is 5.13 Å². The summed E-state index contributed by atoms with van der Waals surface area (Å²) in [6, 6.07) is 13.3. The van der Waals surface area contributed by atoms with Crippen molar-refractivity contribution in [2.24, 2.45) is 0 Å². The molecule has 1 aromatic heterocycles. The lowest BCUT2D eigenvalue weighted by atomic mass is 10.1. The number of aromatic nitrogens is 2. The first-order valence-electron chi connectivity index (χ1n) is 9.39. The van der Waals surface area contributed by atoms with Crippen LogP contribution in [0.15, 0.2) is 48.5 Å². The third kappa shape index (κ3) is 3.79. The van der Waals surface area contributed by atoms with Crippen molar-refractivity contribution in [3.8, 4) is 0 Å². The number of imide groups is 1. The number of nitrogens with zero attached hydrogens (tertiary/aromatic N) is 3. The molecule has 0 fully saturated rings. The predicted molar refractivity (Wildman–Crippen MR) is 114 cm³/mol. The Hall–Kier alpha value is -3.59. The molecule has 0 saturated carbocycles. The third-order valence-corrected chi connectivity index (χ3v) is 5.74. The highest BCUT2D eigenvalue weighted by atomic mass is 32.1. The fraction of sp³-hybridized carbons (Fsp3) is 0.190. The first-order valence-corrected chi connectivity index (χ1v) is 10.2. The van der Waals surface area contributed by atoms with Crippen molar-refractivity contribution in [1.82, 2.24) is 15.5 Å². The Morgan fingerprint density at radius 3 is 2.20 bits per heavy atom. The second kappa shape index (κ2) is 8.03. The number of rotatable bonds is 5. The van der Waals surface area contributed by atoms with E-state index in [1.807, 2.05) is 13.8 Å². The molecule has 0 saturated heterocycles. The van der Waals surface area contributed by atoms with E-state index in [0.717, 1.165) is 15.5 Å². The Labute approximate surface area is 176 Å². The number of carbonyl (C=O) groups excluding carboxylic acids is 3. The van der Waals surface area contributed by atoms with Crippen LogP contribution in [0.5, 0.6) is 0 Å². The van der Waals surface area contributed by atoms with Crippen LogP contribution in [-0.4, -0.2) is 28.0 Å². The Balaban J connectivity index is 1.37. The molecule has 4 amide bonds. The molecule has 152 valence electrons. The van der Waals surface area contributed by atoms with Crippen molar-refractivity contribution in [2.75, 3.05) is 10.2 Å². The van der Waals surface area contributed by atoms with E-state index in [2.05, 4.69) is 20.8 Å². The van der Waals surface area contributed by atoms with Gasteiger partial charge in [-0.05, 0) is 29.8 Å². The summed E-state index contributed by atoms with van der Waals surface area (Å²) >= 11 is 1.34. The predicted octanol–water partition coefficient (Wildman–Crippen LogP) is 3.78. The van der Waals surface area contributed by atoms with Crippen molar-refractivity contribution in [1.29, 1.82) is 0 Å². The summed E-state index contributed by atoms with van der Waals surface area (Å²) in [4.78, 5) is 38.3. The van der Waals surface area contributed by atoms with Crippen LogP contribution in [0.1, 0.15) is 51.1 Å². The van der Waals surface area contributed by atoms with E-state index in [4.69, 9.17) is 0 Å². The summed E-state index contributed by atoms with van der Waals surface area (Å²) in [7, 11) is 0. The van der Waals surface area contributed by atoms with Crippen molar-refractivity contribution in [3.05, 3.63) is 70.2 Å². The topological polar surface area (TPSA) is 104 Å². The van der Waals surface area contributed by atoms with E-state index < -0.39 is 0 Å². The highest BCUT2D eigenvalue weighted by Gasteiger charge is 2.36. The Bertz CT molecular complexity index is 1090. The molecule has 1 aliphatic rings. The maximum Gasteiger partial charge on any atom is 0.321 e. The molecular weight excluding hydrogens is 402 g/mol. The molecule has 0 radical (unpaired) electrons. The number of benzene rings is 2. The van der Waals surface area contributed by atoms with Gasteiger partial charge in [-0.2, -0.15) is 0 Å². The Kier molecular flexibility index (Phi) is 5.28. The van der Waals surface area contributed by atoms with Crippen LogP contribution in [0.3, 0.4) is 0 Å². The van der Waals surface area contributed by atoms with E-state index in [9.17, 15) is 14.4 Å². The van der Waals surface area contributed by atoms with Crippen LogP contribution in [0, 0.1) is 0 Å². The third-order valence-electron chi connectivity index (χ3n) is 4.60. The number of urea groups is 1. The Morgan fingerprint density at radius 1 is 1.00 bits per heavy atom. The number of hydrogen-bond acceptors (Lipinski definition) is 6. The molecule has 0 aliphatic carbocycles. The van der Waals surface area contributed by atoms with E-state index in [1.165, 1.54) is 11.3 Å². The molecule has 4 rings (SSSR count). The smallest absolute Gasteiger partial charge is 0.321 e. The fourth-order valence-corrected chi connectivity index (χ4v) is 3.77. The van der Waals surface area contributed by atoms with Crippen LogP contribution < -0.4 is 15.5 Å². The van der Waals surface area contributed by atoms with Gasteiger partial charge in [0.15, 0.2) is 0 Å². The quantitative estimate of drug-likeness (QED) is 0.610. The average Bonchev–Trinajstić information content (AvgIpc) is 3.31. The molecule has 2 aromatic carbocycles. The van der Waals surface area contributed by atoms with Gasteiger partial charge in [0.1, 0.15) is 5.01 Å². The number of fused-ring (bicyclic) bond motifs is 1. The number of anilines is 2. The lowest BCUT2D eigenvalue weighted by molar-refractivity contribution is 0.0926. The van der Waals surface area contributed by atoms with Crippen LogP contribution in [0.2, 0.25) is 0 Å². The average molecular weight is 421 g/mol. The normalized spacial score (nSPS) is 13.0. The molecule has 9 heteroatoms. The molecule has 30 heavy (non-hydrogen) atoms. The molecule has 1 aliphatic heterocycles. The molecule has 3 aromatic rings. The standard InChI is InChI=1S/C21H19N5O3S/c1-12(2)17-24-25-21(30-17)23-20(29)22-11-13-7-9-14(10-8-13)26-18(27)15-5-3-4-6-16(15)19(26)28/h3-10,12H,11H2,1-2H3,(H2,22,23,25,29). The first-order chi connectivity index (χ1) is 14.4. The molecule has 0 bridgehead atoms. The van der Waals surface area contributed by atoms with Crippen molar-refractivity contribution >= 4 is 40.0 Å². The highest BCUT2D eigenvalue weighted by molar-refractivity contribution is 7.15. The van der Waals surface area contributed by atoms with Crippen LogP contribution in [0.25, 0.3) is 0 Å². The minimum absolute atomic E-state index is 0.252. The summed E-state index contributed by atoms with van der Waals surface area (Å²) in [6.07, 6.45) is 0. The molecule has 8 nitrogen and oxygen atoms in total.